The van der Waals surface area contributed by atoms with Crippen LogP contribution in [0.3, 0.4) is 0 Å². The molecule has 0 saturated carbocycles. The maximum Gasteiger partial charge on any atom is 0.246 e. The standard InChI is InChI=1S/C9H14N2O3/c1-11-8(12)4-7(9(11)13)10-6-2-3-14-5-6/h6-7,10H,2-5H2,1H3. The predicted molar refractivity (Wildman–Crippen MR) is 48.5 cm³/mol. The third-order valence-corrected chi connectivity index (χ3v) is 2.75. The molecule has 0 aromatic rings. The number of likely N-dealkylation sites (tertiary alicyclic amines) is 1. The molecule has 0 spiro atoms. The van der Waals surface area contributed by atoms with E-state index in [1.54, 1.807) is 0 Å². The van der Waals surface area contributed by atoms with Crippen molar-refractivity contribution in [2.24, 2.45) is 0 Å². The van der Waals surface area contributed by atoms with Crippen molar-refractivity contribution in [1.82, 2.24) is 10.2 Å². The summed E-state index contributed by atoms with van der Waals surface area (Å²) in [5, 5.41) is 3.15. The van der Waals surface area contributed by atoms with Gasteiger partial charge in [-0.15, -0.1) is 0 Å². The number of hydrogen-bond donors (Lipinski definition) is 1. The first-order valence-electron chi connectivity index (χ1n) is 4.82. The minimum Gasteiger partial charge on any atom is -0.380 e. The van der Waals surface area contributed by atoms with Crippen LogP contribution < -0.4 is 5.32 Å². The summed E-state index contributed by atoms with van der Waals surface area (Å²) in [6, 6.07) is -0.109. The highest BCUT2D eigenvalue weighted by Gasteiger charge is 2.37. The van der Waals surface area contributed by atoms with Gasteiger partial charge < -0.3 is 10.1 Å². The summed E-state index contributed by atoms with van der Waals surface area (Å²) < 4.78 is 5.18. The van der Waals surface area contributed by atoms with E-state index in [-0.39, 0.29) is 30.3 Å². The molecule has 0 aromatic carbocycles. The third-order valence-electron chi connectivity index (χ3n) is 2.75. The Bertz CT molecular complexity index is 261. The van der Waals surface area contributed by atoms with E-state index in [4.69, 9.17) is 4.74 Å². The summed E-state index contributed by atoms with van der Waals surface area (Å²) in [5.41, 5.74) is 0. The van der Waals surface area contributed by atoms with Crippen molar-refractivity contribution in [3.05, 3.63) is 0 Å². The molecule has 2 aliphatic rings. The molecule has 5 nitrogen and oxygen atoms in total. The topological polar surface area (TPSA) is 58.6 Å². The number of rotatable bonds is 2. The lowest BCUT2D eigenvalue weighted by Gasteiger charge is -2.15. The largest absolute Gasteiger partial charge is 0.380 e. The number of imide groups is 1. The SMILES string of the molecule is CN1C(=O)CC(NC2CCOC2)C1=O. The minimum atomic E-state index is -0.334. The molecule has 2 amide bonds. The molecule has 2 fully saturated rings. The van der Waals surface area contributed by atoms with Crippen LogP contribution in [-0.4, -0.2) is 49.1 Å². The van der Waals surface area contributed by atoms with Crippen LogP contribution in [0.25, 0.3) is 0 Å². The molecule has 2 saturated heterocycles. The van der Waals surface area contributed by atoms with Crippen LogP contribution in [0, 0.1) is 0 Å². The molecule has 2 rings (SSSR count). The van der Waals surface area contributed by atoms with E-state index >= 15 is 0 Å². The van der Waals surface area contributed by atoms with E-state index in [2.05, 4.69) is 5.32 Å². The number of amides is 2. The quantitative estimate of drug-likeness (QED) is 0.585. The van der Waals surface area contributed by atoms with Crippen molar-refractivity contribution in [3.63, 3.8) is 0 Å². The first kappa shape index (κ1) is 9.61. The molecule has 0 aliphatic carbocycles. The average Bonchev–Trinajstić information content (AvgIpc) is 2.73. The highest BCUT2D eigenvalue weighted by molar-refractivity contribution is 6.05. The fourth-order valence-corrected chi connectivity index (χ4v) is 1.84. The zero-order valence-corrected chi connectivity index (χ0v) is 8.16. The molecule has 5 heteroatoms. The van der Waals surface area contributed by atoms with Crippen molar-refractivity contribution >= 4 is 11.8 Å². The van der Waals surface area contributed by atoms with Gasteiger partial charge in [0.2, 0.25) is 11.8 Å². The van der Waals surface area contributed by atoms with Crippen LogP contribution in [0.5, 0.6) is 0 Å². The molecule has 2 heterocycles. The van der Waals surface area contributed by atoms with E-state index in [0.29, 0.717) is 6.61 Å². The summed E-state index contributed by atoms with van der Waals surface area (Å²) in [5.74, 6) is -0.228. The van der Waals surface area contributed by atoms with Crippen molar-refractivity contribution < 1.29 is 14.3 Å². The van der Waals surface area contributed by atoms with Gasteiger partial charge in [0.15, 0.2) is 0 Å². The van der Waals surface area contributed by atoms with Gasteiger partial charge in [-0.1, -0.05) is 0 Å². The lowest BCUT2D eigenvalue weighted by molar-refractivity contribution is -0.137. The van der Waals surface area contributed by atoms with Crippen molar-refractivity contribution in [1.29, 1.82) is 0 Å². The molecule has 0 aromatic heterocycles. The summed E-state index contributed by atoms with van der Waals surface area (Å²) in [6.45, 7) is 1.38. The summed E-state index contributed by atoms with van der Waals surface area (Å²) in [4.78, 5) is 23.9. The van der Waals surface area contributed by atoms with Gasteiger partial charge in [0, 0.05) is 19.7 Å². The van der Waals surface area contributed by atoms with Crippen molar-refractivity contribution in [2.45, 2.75) is 24.9 Å². The van der Waals surface area contributed by atoms with E-state index in [0.717, 1.165) is 13.0 Å². The van der Waals surface area contributed by atoms with Crippen LogP contribution in [0.15, 0.2) is 0 Å². The zero-order valence-electron chi connectivity index (χ0n) is 8.16. The van der Waals surface area contributed by atoms with Gasteiger partial charge in [0.1, 0.15) is 0 Å². The second kappa shape index (κ2) is 3.67. The Morgan fingerprint density at radius 3 is 2.79 bits per heavy atom. The number of ether oxygens (including phenoxy) is 1. The van der Waals surface area contributed by atoms with E-state index in [9.17, 15) is 9.59 Å². The number of likely N-dealkylation sites (N-methyl/N-ethyl adjacent to an activating group) is 1. The first-order valence-corrected chi connectivity index (χ1v) is 4.82. The summed E-state index contributed by atoms with van der Waals surface area (Å²) in [7, 11) is 1.53. The number of carbonyl (C=O) groups is 2. The molecule has 1 N–H and O–H groups in total. The van der Waals surface area contributed by atoms with Crippen LogP contribution in [0.2, 0.25) is 0 Å². The molecule has 2 aliphatic heterocycles. The van der Waals surface area contributed by atoms with Crippen molar-refractivity contribution in [2.75, 3.05) is 20.3 Å². The normalized spacial score (nSPS) is 33.1. The second-order valence-corrected chi connectivity index (χ2v) is 3.77. The third kappa shape index (κ3) is 1.65. The Morgan fingerprint density at radius 1 is 1.50 bits per heavy atom. The second-order valence-electron chi connectivity index (χ2n) is 3.77. The Labute approximate surface area is 82.4 Å². The molecule has 14 heavy (non-hydrogen) atoms. The maximum absolute atomic E-state index is 11.5. The Morgan fingerprint density at radius 2 is 2.29 bits per heavy atom. The zero-order chi connectivity index (χ0) is 10.1. The Kier molecular flexibility index (Phi) is 2.52. The number of nitrogens with one attached hydrogen (secondary N) is 1. The van der Waals surface area contributed by atoms with Gasteiger partial charge in [-0.05, 0) is 6.42 Å². The molecule has 2 unspecified atom stereocenters. The summed E-state index contributed by atoms with van der Waals surface area (Å²) in [6.07, 6.45) is 1.20. The maximum atomic E-state index is 11.5. The van der Waals surface area contributed by atoms with Gasteiger partial charge in [0.25, 0.3) is 0 Å². The van der Waals surface area contributed by atoms with Gasteiger partial charge in [-0.3, -0.25) is 14.5 Å². The smallest absolute Gasteiger partial charge is 0.246 e. The summed E-state index contributed by atoms with van der Waals surface area (Å²) >= 11 is 0. The highest BCUT2D eigenvalue weighted by atomic mass is 16.5. The van der Waals surface area contributed by atoms with Gasteiger partial charge >= 0.3 is 0 Å². The fraction of sp³-hybridized carbons (Fsp3) is 0.778. The number of nitrogens with zero attached hydrogens (tertiary/aromatic N) is 1. The van der Waals surface area contributed by atoms with Gasteiger partial charge in [-0.2, -0.15) is 0 Å². The molecular weight excluding hydrogens is 184 g/mol. The number of carbonyl (C=O) groups excluding carboxylic acids is 2. The van der Waals surface area contributed by atoms with E-state index < -0.39 is 0 Å². The van der Waals surface area contributed by atoms with E-state index in [1.807, 2.05) is 0 Å². The molecule has 78 valence electrons. The van der Waals surface area contributed by atoms with E-state index in [1.165, 1.54) is 11.9 Å². The predicted octanol–water partition coefficient (Wildman–Crippen LogP) is -0.878. The Hall–Kier alpha value is -0.940. The highest BCUT2D eigenvalue weighted by Crippen LogP contribution is 2.13. The van der Waals surface area contributed by atoms with Crippen molar-refractivity contribution in [3.8, 4) is 0 Å². The average molecular weight is 198 g/mol. The fourth-order valence-electron chi connectivity index (χ4n) is 1.84. The molecular formula is C9H14N2O3. The first-order chi connectivity index (χ1) is 6.68. The van der Waals surface area contributed by atoms with Gasteiger partial charge in [-0.25, -0.2) is 0 Å². The number of hydrogen-bond acceptors (Lipinski definition) is 4. The lowest BCUT2D eigenvalue weighted by atomic mass is 10.2. The van der Waals surface area contributed by atoms with Gasteiger partial charge in [0.05, 0.1) is 19.1 Å². The lowest BCUT2D eigenvalue weighted by Crippen LogP contribution is -2.43. The molecule has 0 radical (unpaired) electrons. The van der Waals surface area contributed by atoms with Crippen LogP contribution in [0.1, 0.15) is 12.8 Å². The van der Waals surface area contributed by atoms with Crippen LogP contribution in [-0.2, 0) is 14.3 Å². The van der Waals surface area contributed by atoms with Crippen LogP contribution >= 0.6 is 0 Å². The molecule has 2 atom stereocenters. The monoisotopic (exact) mass is 198 g/mol. The van der Waals surface area contributed by atoms with Crippen LogP contribution in [0.4, 0.5) is 0 Å². The Balaban J connectivity index is 1.92. The minimum absolute atomic E-state index is 0.105. The molecule has 0 bridgehead atoms.